The molecule has 1 heterocycles. The molecule has 3 nitrogen and oxygen atoms in total. The van der Waals surface area contributed by atoms with Crippen molar-refractivity contribution in [3.05, 3.63) is 29.0 Å². The number of aliphatic hydroxyl groups excluding tert-OH is 1. The molecule has 0 spiro atoms. The first-order chi connectivity index (χ1) is 6.49. The molecule has 4 heteroatoms. The highest BCUT2D eigenvalue weighted by molar-refractivity contribution is 6.30. The summed E-state index contributed by atoms with van der Waals surface area (Å²) in [7, 11) is 0. The maximum absolute atomic E-state index is 9.17. The summed E-state index contributed by atoms with van der Waals surface area (Å²) >= 11 is 5.91. The van der Waals surface area contributed by atoms with E-state index in [1.54, 1.807) is 12.3 Å². The molecule has 78 valence electrons. The van der Waals surface area contributed by atoms with Gasteiger partial charge in [0.1, 0.15) is 5.15 Å². The van der Waals surface area contributed by atoms with Gasteiger partial charge in [0.2, 0.25) is 0 Å². The highest BCUT2D eigenvalue weighted by Gasteiger charge is 2.28. The number of rotatable bonds is 3. The molecule has 0 aliphatic carbocycles. The van der Waals surface area contributed by atoms with Gasteiger partial charge in [-0.05, 0) is 6.07 Å². The van der Waals surface area contributed by atoms with E-state index in [-0.39, 0.29) is 12.6 Å². The van der Waals surface area contributed by atoms with E-state index in [0.29, 0.717) is 5.15 Å². The highest BCUT2D eigenvalue weighted by Crippen LogP contribution is 2.33. The Morgan fingerprint density at radius 1 is 1.64 bits per heavy atom. The number of aliphatic hydroxyl groups is 1. The SMILES string of the molecule is CC(C)(CO)[C@H](N)c1cccnc1Cl. The third-order valence-electron chi connectivity index (χ3n) is 2.37. The normalized spacial score (nSPS) is 14.1. The predicted molar refractivity (Wildman–Crippen MR) is 57.0 cm³/mol. The molecule has 1 aromatic rings. The Hall–Kier alpha value is -0.640. The fourth-order valence-electron chi connectivity index (χ4n) is 1.15. The maximum Gasteiger partial charge on any atom is 0.133 e. The summed E-state index contributed by atoms with van der Waals surface area (Å²) in [6.45, 7) is 3.79. The van der Waals surface area contributed by atoms with Gasteiger partial charge in [-0.15, -0.1) is 0 Å². The lowest BCUT2D eigenvalue weighted by Crippen LogP contribution is -2.32. The molecular formula is C10H15ClN2O. The largest absolute Gasteiger partial charge is 0.396 e. The lowest BCUT2D eigenvalue weighted by Gasteiger charge is -2.29. The highest BCUT2D eigenvalue weighted by atomic mass is 35.5. The first-order valence-corrected chi connectivity index (χ1v) is 4.83. The summed E-state index contributed by atoms with van der Waals surface area (Å²) in [5.74, 6) is 0. The van der Waals surface area contributed by atoms with E-state index in [2.05, 4.69) is 4.98 Å². The van der Waals surface area contributed by atoms with Gasteiger partial charge in [-0.25, -0.2) is 4.98 Å². The molecule has 0 aromatic carbocycles. The molecule has 14 heavy (non-hydrogen) atoms. The smallest absolute Gasteiger partial charge is 0.133 e. The molecule has 0 aliphatic rings. The molecule has 0 saturated heterocycles. The second-order valence-electron chi connectivity index (χ2n) is 4.01. The van der Waals surface area contributed by atoms with Crippen molar-refractivity contribution in [3.8, 4) is 0 Å². The van der Waals surface area contributed by atoms with Crippen molar-refractivity contribution in [3.63, 3.8) is 0 Å². The maximum atomic E-state index is 9.17. The lowest BCUT2D eigenvalue weighted by atomic mass is 9.82. The van der Waals surface area contributed by atoms with Crippen LogP contribution in [0.3, 0.4) is 0 Å². The number of nitrogens with two attached hydrogens (primary N) is 1. The Morgan fingerprint density at radius 2 is 2.29 bits per heavy atom. The average molecular weight is 215 g/mol. The van der Waals surface area contributed by atoms with Crippen molar-refractivity contribution in [2.24, 2.45) is 11.1 Å². The van der Waals surface area contributed by atoms with Crippen LogP contribution in [0.25, 0.3) is 0 Å². The number of hydrogen-bond donors (Lipinski definition) is 2. The molecule has 0 radical (unpaired) electrons. The molecule has 0 aliphatic heterocycles. The molecule has 0 amide bonds. The van der Waals surface area contributed by atoms with Crippen LogP contribution < -0.4 is 5.73 Å². The van der Waals surface area contributed by atoms with Crippen LogP contribution in [0, 0.1) is 5.41 Å². The van der Waals surface area contributed by atoms with Gasteiger partial charge >= 0.3 is 0 Å². The Morgan fingerprint density at radius 3 is 2.79 bits per heavy atom. The summed E-state index contributed by atoms with van der Waals surface area (Å²) in [4.78, 5) is 3.95. The van der Waals surface area contributed by atoms with Crippen molar-refractivity contribution >= 4 is 11.6 Å². The van der Waals surface area contributed by atoms with E-state index in [4.69, 9.17) is 17.3 Å². The molecule has 0 unspecified atom stereocenters. The molecule has 0 fully saturated rings. The Kier molecular flexibility index (Phi) is 3.48. The van der Waals surface area contributed by atoms with E-state index < -0.39 is 5.41 Å². The second-order valence-corrected chi connectivity index (χ2v) is 4.37. The van der Waals surface area contributed by atoms with Gasteiger partial charge in [-0.1, -0.05) is 31.5 Å². The number of pyridine rings is 1. The van der Waals surface area contributed by atoms with Crippen LogP contribution in [-0.2, 0) is 0 Å². The topological polar surface area (TPSA) is 59.1 Å². The van der Waals surface area contributed by atoms with Crippen molar-refractivity contribution in [2.45, 2.75) is 19.9 Å². The summed E-state index contributed by atoms with van der Waals surface area (Å²) in [6, 6.07) is 3.31. The van der Waals surface area contributed by atoms with E-state index in [1.165, 1.54) is 0 Å². The molecular weight excluding hydrogens is 200 g/mol. The standard InChI is InChI=1S/C10H15ClN2O/c1-10(2,6-14)8(12)7-4-3-5-13-9(7)11/h3-5,8,14H,6,12H2,1-2H3/t8-/m1/s1. The summed E-state index contributed by atoms with van der Waals surface area (Å²) in [5.41, 5.74) is 6.38. The fourth-order valence-corrected chi connectivity index (χ4v) is 1.39. The van der Waals surface area contributed by atoms with E-state index in [1.807, 2.05) is 19.9 Å². The van der Waals surface area contributed by atoms with Crippen molar-refractivity contribution in [1.82, 2.24) is 4.98 Å². The Labute approximate surface area is 88.9 Å². The van der Waals surface area contributed by atoms with Gasteiger partial charge in [0, 0.05) is 29.8 Å². The van der Waals surface area contributed by atoms with Crippen LogP contribution in [0.15, 0.2) is 18.3 Å². The third kappa shape index (κ3) is 2.23. The second kappa shape index (κ2) is 4.26. The Bertz CT molecular complexity index is 315. The zero-order chi connectivity index (χ0) is 10.8. The zero-order valence-electron chi connectivity index (χ0n) is 8.37. The summed E-state index contributed by atoms with van der Waals surface area (Å²) in [6.07, 6.45) is 1.62. The molecule has 1 rings (SSSR count). The molecule has 1 atom stereocenters. The number of nitrogens with zero attached hydrogens (tertiary/aromatic N) is 1. The quantitative estimate of drug-likeness (QED) is 0.754. The van der Waals surface area contributed by atoms with Crippen molar-refractivity contribution < 1.29 is 5.11 Å². The number of hydrogen-bond acceptors (Lipinski definition) is 3. The van der Waals surface area contributed by atoms with Gasteiger partial charge < -0.3 is 10.8 Å². The third-order valence-corrected chi connectivity index (χ3v) is 2.69. The average Bonchev–Trinajstić information content (AvgIpc) is 2.17. The van der Waals surface area contributed by atoms with Gasteiger partial charge in [0.25, 0.3) is 0 Å². The first-order valence-electron chi connectivity index (χ1n) is 4.46. The van der Waals surface area contributed by atoms with Crippen LogP contribution in [0.5, 0.6) is 0 Å². The van der Waals surface area contributed by atoms with Gasteiger partial charge in [0.15, 0.2) is 0 Å². The van der Waals surface area contributed by atoms with Crippen molar-refractivity contribution in [2.75, 3.05) is 6.61 Å². The fraction of sp³-hybridized carbons (Fsp3) is 0.500. The van der Waals surface area contributed by atoms with Gasteiger partial charge in [0.05, 0.1) is 0 Å². The first kappa shape index (κ1) is 11.4. The zero-order valence-corrected chi connectivity index (χ0v) is 9.12. The van der Waals surface area contributed by atoms with Gasteiger partial charge in [-0.3, -0.25) is 0 Å². The summed E-state index contributed by atoms with van der Waals surface area (Å²) in [5, 5.41) is 9.58. The van der Waals surface area contributed by atoms with Crippen LogP contribution in [-0.4, -0.2) is 16.7 Å². The van der Waals surface area contributed by atoms with Crippen molar-refractivity contribution in [1.29, 1.82) is 0 Å². The van der Waals surface area contributed by atoms with Crippen LogP contribution in [0.4, 0.5) is 0 Å². The molecule has 1 aromatic heterocycles. The monoisotopic (exact) mass is 214 g/mol. The molecule has 3 N–H and O–H groups in total. The minimum absolute atomic E-state index is 0.0133. The molecule has 0 bridgehead atoms. The van der Waals surface area contributed by atoms with Crippen LogP contribution in [0.1, 0.15) is 25.5 Å². The minimum Gasteiger partial charge on any atom is -0.396 e. The van der Waals surface area contributed by atoms with E-state index >= 15 is 0 Å². The number of aromatic nitrogens is 1. The molecule has 0 saturated carbocycles. The van der Waals surface area contributed by atoms with E-state index in [9.17, 15) is 5.11 Å². The summed E-state index contributed by atoms with van der Waals surface area (Å²) < 4.78 is 0. The Balaban J connectivity index is 3.00. The van der Waals surface area contributed by atoms with E-state index in [0.717, 1.165) is 5.56 Å². The van der Waals surface area contributed by atoms with Crippen LogP contribution in [0.2, 0.25) is 5.15 Å². The van der Waals surface area contributed by atoms with Crippen LogP contribution >= 0.6 is 11.6 Å². The minimum atomic E-state index is -0.396. The lowest BCUT2D eigenvalue weighted by molar-refractivity contribution is 0.132. The van der Waals surface area contributed by atoms with Gasteiger partial charge in [-0.2, -0.15) is 0 Å². The number of halogens is 1. The predicted octanol–water partition coefficient (Wildman–Crippen LogP) is 1.75.